The molecule has 0 saturated carbocycles. The molecule has 0 atom stereocenters. The highest BCUT2D eigenvalue weighted by Gasteiger charge is 2.28. The first-order chi connectivity index (χ1) is 25.0. The van der Waals surface area contributed by atoms with E-state index in [1.54, 1.807) is 0 Å². The summed E-state index contributed by atoms with van der Waals surface area (Å²) < 4.78 is 0. The van der Waals surface area contributed by atoms with Gasteiger partial charge in [-0.05, 0) is 95.1 Å². The molecule has 0 aliphatic heterocycles. The molecule has 0 fully saturated rings. The van der Waals surface area contributed by atoms with Crippen LogP contribution in [0.5, 0.6) is 11.5 Å². The van der Waals surface area contributed by atoms with E-state index in [1.165, 1.54) is 0 Å². The fourth-order valence-electron chi connectivity index (χ4n) is 7.55. The van der Waals surface area contributed by atoms with Crippen LogP contribution in [-0.4, -0.2) is 25.9 Å². The highest BCUT2D eigenvalue weighted by atomic mass is 16.3. The lowest BCUT2D eigenvalue weighted by Crippen LogP contribution is -2.24. The summed E-state index contributed by atoms with van der Waals surface area (Å²) in [5.74, 6) is -0.531. The molecule has 0 bridgehead atoms. The summed E-state index contributed by atoms with van der Waals surface area (Å²) in [6, 6.07) is 54.8. The zero-order chi connectivity index (χ0) is 34.6. The van der Waals surface area contributed by atoms with Gasteiger partial charge in [-0.2, -0.15) is 0 Å². The van der Waals surface area contributed by atoms with Crippen molar-refractivity contribution in [2.75, 3.05) is 4.90 Å². The lowest BCUT2D eigenvalue weighted by molar-refractivity contribution is 0.458. The van der Waals surface area contributed by atoms with E-state index in [9.17, 15) is 10.2 Å². The van der Waals surface area contributed by atoms with Gasteiger partial charge in [-0.25, -0.2) is 0 Å². The number of benzene rings is 9. The van der Waals surface area contributed by atoms with Crippen LogP contribution < -0.4 is 15.8 Å². The van der Waals surface area contributed by atoms with E-state index in [0.29, 0.717) is 11.3 Å². The van der Waals surface area contributed by atoms with Gasteiger partial charge in [0.05, 0.1) is 5.69 Å². The quantitative estimate of drug-likeness (QED) is 0.144. The molecule has 236 valence electrons. The van der Waals surface area contributed by atoms with Gasteiger partial charge in [0, 0.05) is 11.1 Å². The lowest BCUT2D eigenvalue weighted by atomic mass is 9.74. The Balaban J connectivity index is 1.33. The average Bonchev–Trinajstić information content (AvgIpc) is 3.19. The van der Waals surface area contributed by atoms with Crippen LogP contribution in [0.3, 0.4) is 0 Å². The number of nitrogens with zero attached hydrogens (tertiary/aromatic N) is 1. The molecule has 3 nitrogen and oxygen atoms in total. The average molecular weight is 649 g/mol. The van der Waals surface area contributed by atoms with E-state index in [-0.39, 0.29) is 28.1 Å². The highest BCUT2D eigenvalue weighted by molar-refractivity contribution is 6.48. The Morgan fingerprint density at radius 3 is 1.47 bits per heavy atom. The van der Waals surface area contributed by atoms with Crippen molar-refractivity contribution >= 4 is 86.8 Å². The van der Waals surface area contributed by atoms with Crippen molar-refractivity contribution in [1.29, 1.82) is 0 Å². The third-order valence-electron chi connectivity index (χ3n) is 9.98. The number of aromatic hydroxyl groups is 2. The second-order valence-electron chi connectivity index (χ2n) is 12.8. The van der Waals surface area contributed by atoms with Crippen molar-refractivity contribution in [3.8, 4) is 33.8 Å². The molecule has 2 N–H and O–H groups in total. The minimum Gasteiger partial charge on any atom is -0.506 e. The zero-order valence-electron chi connectivity index (χ0n) is 27.6. The summed E-state index contributed by atoms with van der Waals surface area (Å²) in [4.78, 5) is 1.86. The van der Waals surface area contributed by atoms with E-state index in [2.05, 4.69) is 54.6 Å². The van der Waals surface area contributed by atoms with Gasteiger partial charge in [0.25, 0.3) is 0 Å². The van der Waals surface area contributed by atoms with Crippen LogP contribution in [0.1, 0.15) is 0 Å². The Kier molecular flexibility index (Phi) is 7.29. The number of phenolic OH excluding ortho intramolecular Hbond substituents is 2. The smallest absolute Gasteiger partial charge is 0.136 e. The van der Waals surface area contributed by atoms with Crippen LogP contribution in [0.4, 0.5) is 17.1 Å². The first kappa shape index (κ1) is 30.6. The van der Waals surface area contributed by atoms with Crippen molar-refractivity contribution < 1.29 is 10.2 Å². The third kappa shape index (κ3) is 4.93. The molecular formula is C46H29B2NO2. The maximum atomic E-state index is 12.3. The Morgan fingerprint density at radius 2 is 0.863 bits per heavy atom. The zero-order valence-corrected chi connectivity index (χ0v) is 27.6. The molecule has 51 heavy (non-hydrogen) atoms. The van der Waals surface area contributed by atoms with Crippen LogP contribution in [-0.2, 0) is 0 Å². The fourth-order valence-corrected chi connectivity index (χ4v) is 7.55. The molecular weight excluding hydrogens is 620 g/mol. The Hall–Kier alpha value is -6.45. The van der Waals surface area contributed by atoms with Crippen molar-refractivity contribution in [3.63, 3.8) is 0 Å². The third-order valence-corrected chi connectivity index (χ3v) is 9.98. The molecule has 0 spiro atoms. The predicted molar refractivity (Wildman–Crippen MR) is 216 cm³/mol. The standard InChI is InChI=1S/C46H29B2NO2/c47-42-41(39-26-30-14-4-6-16-33(30)35-18-8-9-20-37(35)39)43(48)46(51)44(45(42)50)49(32-24-22-29(23-25-32)28-12-2-1-3-13-28)40-27-31-15-5-7-17-34(31)36-19-10-11-21-38(36)40/h1-27,50-51H. The van der Waals surface area contributed by atoms with Crippen LogP contribution in [0.15, 0.2) is 164 Å². The van der Waals surface area contributed by atoms with Crippen LogP contribution in [0, 0.1) is 0 Å². The van der Waals surface area contributed by atoms with Gasteiger partial charge in [-0.3, -0.25) is 0 Å². The lowest BCUT2D eigenvalue weighted by Gasteiger charge is -2.31. The first-order valence-corrected chi connectivity index (χ1v) is 16.9. The number of anilines is 3. The second kappa shape index (κ2) is 12.2. The van der Waals surface area contributed by atoms with Crippen molar-refractivity contribution in [2.45, 2.75) is 0 Å². The van der Waals surface area contributed by atoms with E-state index >= 15 is 0 Å². The Labute approximate surface area is 298 Å². The van der Waals surface area contributed by atoms with Gasteiger partial charge >= 0.3 is 0 Å². The van der Waals surface area contributed by atoms with Gasteiger partial charge in [0.15, 0.2) is 0 Å². The topological polar surface area (TPSA) is 43.7 Å². The van der Waals surface area contributed by atoms with Crippen LogP contribution >= 0.6 is 0 Å². The largest absolute Gasteiger partial charge is 0.506 e. The molecule has 9 aromatic rings. The molecule has 0 amide bonds. The number of phenols is 2. The van der Waals surface area contributed by atoms with Gasteiger partial charge in [0.1, 0.15) is 32.9 Å². The molecule has 0 unspecified atom stereocenters. The summed E-state index contributed by atoms with van der Waals surface area (Å²) in [5, 5.41) is 32.6. The van der Waals surface area contributed by atoms with Crippen molar-refractivity contribution in [1.82, 2.24) is 0 Å². The van der Waals surface area contributed by atoms with E-state index in [4.69, 9.17) is 15.7 Å². The Morgan fingerprint density at radius 1 is 0.412 bits per heavy atom. The van der Waals surface area contributed by atoms with Crippen LogP contribution in [0.25, 0.3) is 65.3 Å². The van der Waals surface area contributed by atoms with E-state index < -0.39 is 0 Å². The number of rotatable bonds is 5. The van der Waals surface area contributed by atoms with Crippen molar-refractivity contribution in [3.05, 3.63) is 164 Å². The fraction of sp³-hybridized carbons (Fsp3) is 0. The van der Waals surface area contributed by atoms with Crippen molar-refractivity contribution in [2.24, 2.45) is 0 Å². The van der Waals surface area contributed by atoms with E-state index in [0.717, 1.165) is 65.5 Å². The number of hydrogen-bond donors (Lipinski definition) is 2. The molecule has 9 aromatic carbocycles. The molecule has 5 heteroatoms. The predicted octanol–water partition coefficient (Wildman–Crippen LogP) is 10.1. The number of hydrogen-bond acceptors (Lipinski definition) is 3. The molecule has 0 aliphatic carbocycles. The summed E-state index contributed by atoms with van der Waals surface area (Å²) in [6.07, 6.45) is 0. The molecule has 0 heterocycles. The van der Waals surface area contributed by atoms with Gasteiger partial charge in [0.2, 0.25) is 0 Å². The first-order valence-electron chi connectivity index (χ1n) is 16.9. The SMILES string of the molecule is [B]c1c(O)c(N(c2ccc(-c3ccccc3)cc2)c2cc3ccccc3c3ccccc23)c(O)c([B])c1-c1cc2ccccc2c2ccccc12. The molecule has 4 radical (unpaired) electrons. The Bertz CT molecular complexity index is 2770. The summed E-state index contributed by atoms with van der Waals surface area (Å²) in [7, 11) is 13.9. The minimum absolute atomic E-state index is 0.0803. The second-order valence-corrected chi connectivity index (χ2v) is 12.8. The maximum Gasteiger partial charge on any atom is 0.136 e. The normalized spacial score (nSPS) is 11.5. The van der Waals surface area contributed by atoms with E-state index in [1.807, 2.05) is 114 Å². The minimum atomic E-state index is -0.265. The number of fused-ring (bicyclic) bond motifs is 6. The van der Waals surface area contributed by atoms with Gasteiger partial charge in [-0.1, -0.05) is 140 Å². The summed E-state index contributed by atoms with van der Waals surface area (Å²) in [5.41, 5.74) is 4.96. The highest BCUT2D eigenvalue weighted by Crippen LogP contribution is 2.49. The van der Waals surface area contributed by atoms with Gasteiger partial charge < -0.3 is 15.1 Å². The maximum absolute atomic E-state index is 12.3. The van der Waals surface area contributed by atoms with Crippen LogP contribution in [0.2, 0.25) is 0 Å². The molecule has 0 aliphatic rings. The molecule has 0 saturated heterocycles. The summed E-state index contributed by atoms with van der Waals surface area (Å²) >= 11 is 0. The molecule has 9 rings (SSSR count). The van der Waals surface area contributed by atoms with Gasteiger partial charge in [-0.15, -0.1) is 0 Å². The summed E-state index contributed by atoms with van der Waals surface area (Å²) in [6.45, 7) is 0. The monoisotopic (exact) mass is 649 g/mol. The molecule has 0 aromatic heterocycles.